The highest BCUT2D eigenvalue weighted by molar-refractivity contribution is 5.74. The van der Waals surface area contributed by atoms with E-state index in [-0.39, 0.29) is 31.2 Å². The Morgan fingerprint density at radius 1 is 1.53 bits per heavy atom. The first kappa shape index (κ1) is 15.7. The van der Waals surface area contributed by atoms with Crippen molar-refractivity contribution in [1.82, 2.24) is 10.2 Å². The normalized spacial score (nSPS) is 20.9. The molecule has 7 nitrogen and oxygen atoms in total. The van der Waals surface area contributed by atoms with Gasteiger partial charge in [-0.15, -0.1) is 0 Å². The Bertz CT molecular complexity index is 310. The number of hydrogen-bond acceptors (Lipinski definition) is 4. The van der Waals surface area contributed by atoms with E-state index < -0.39 is 5.97 Å². The smallest absolute Gasteiger partial charge is 0.317 e. The third-order valence-corrected chi connectivity index (χ3v) is 3.03. The van der Waals surface area contributed by atoms with Gasteiger partial charge in [0.2, 0.25) is 0 Å². The van der Waals surface area contributed by atoms with E-state index in [0.717, 1.165) is 0 Å². The number of hydrogen-bond donors (Lipinski definition) is 3. The maximum atomic E-state index is 11.9. The number of aliphatic hydroxyl groups is 1. The molecule has 0 saturated carbocycles. The summed E-state index contributed by atoms with van der Waals surface area (Å²) >= 11 is 0. The number of morpholine rings is 1. The zero-order chi connectivity index (χ0) is 14.3. The number of urea groups is 1. The summed E-state index contributed by atoms with van der Waals surface area (Å²) in [5.74, 6) is -0.822. The quantitative estimate of drug-likeness (QED) is 0.635. The van der Waals surface area contributed by atoms with Gasteiger partial charge < -0.3 is 25.2 Å². The summed E-state index contributed by atoms with van der Waals surface area (Å²) < 4.78 is 5.27. The van der Waals surface area contributed by atoms with E-state index in [0.29, 0.717) is 32.5 Å². The second kappa shape index (κ2) is 7.96. The first-order chi connectivity index (χ1) is 9.02. The van der Waals surface area contributed by atoms with Crippen LogP contribution in [0.1, 0.15) is 26.2 Å². The largest absolute Gasteiger partial charge is 0.481 e. The van der Waals surface area contributed by atoms with Gasteiger partial charge in [0, 0.05) is 19.0 Å². The fourth-order valence-electron chi connectivity index (χ4n) is 1.95. The first-order valence-electron chi connectivity index (χ1n) is 6.52. The highest BCUT2D eigenvalue weighted by Gasteiger charge is 2.24. The second-order valence-corrected chi connectivity index (χ2v) is 4.76. The van der Waals surface area contributed by atoms with E-state index in [1.165, 1.54) is 0 Å². The van der Waals surface area contributed by atoms with Crippen molar-refractivity contribution in [3.8, 4) is 0 Å². The van der Waals surface area contributed by atoms with E-state index in [2.05, 4.69) is 5.32 Å². The van der Waals surface area contributed by atoms with Crippen molar-refractivity contribution in [3.63, 3.8) is 0 Å². The molecule has 0 radical (unpaired) electrons. The molecule has 0 aromatic heterocycles. The van der Waals surface area contributed by atoms with E-state index in [1.807, 2.05) is 6.92 Å². The van der Waals surface area contributed by atoms with Gasteiger partial charge in [-0.2, -0.15) is 0 Å². The molecule has 19 heavy (non-hydrogen) atoms. The number of nitrogens with zero attached hydrogens (tertiary/aromatic N) is 1. The van der Waals surface area contributed by atoms with Gasteiger partial charge in [0.25, 0.3) is 0 Å². The van der Waals surface area contributed by atoms with Crippen LogP contribution in [0.4, 0.5) is 4.79 Å². The minimum atomic E-state index is -0.822. The molecular weight excluding hydrogens is 252 g/mol. The average molecular weight is 274 g/mol. The van der Waals surface area contributed by atoms with Gasteiger partial charge in [0.1, 0.15) is 0 Å². The van der Waals surface area contributed by atoms with Crippen molar-refractivity contribution < 1.29 is 24.5 Å². The lowest BCUT2D eigenvalue weighted by Gasteiger charge is -2.32. The lowest BCUT2D eigenvalue weighted by molar-refractivity contribution is -0.137. The molecular formula is C12H22N2O5. The number of nitrogens with one attached hydrogen (secondary N) is 1. The van der Waals surface area contributed by atoms with Gasteiger partial charge in [0.15, 0.2) is 0 Å². The van der Waals surface area contributed by atoms with Crippen molar-refractivity contribution in [2.24, 2.45) is 0 Å². The van der Waals surface area contributed by atoms with Crippen LogP contribution in [0.25, 0.3) is 0 Å². The van der Waals surface area contributed by atoms with Crippen LogP contribution in [-0.4, -0.2) is 65.6 Å². The number of carboxylic acid groups (broad SMARTS) is 1. The van der Waals surface area contributed by atoms with Crippen molar-refractivity contribution in [3.05, 3.63) is 0 Å². The number of ether oxygens (including phenoxy) is 1. The summed E-state index contributed by atoms with van der Waals surface area (Å²) in [6.45, 7) is 3.06. The fourth-order valence-corrected chi connectivity index (χ4v) is 1.95. The monoisotopic (exact) mass is 274 g/mol. The minimum Gasteiger partial charge on any atom is -0.481 e. The molecule has 1 aliphatic rings. The molecule has 0 aliphatic carbocycles. The Morgan fingerprint density at radius 2 is 2.26 bits per heavy atom. The summed E-state index contributed by atoms with van der Waals surface area (Å²) in [5.41, 5.74) is 0. The zero-order valence-electron chi connectivity index (χ0n) is 11.2. The zero-order valence-corrected chi connectivity index (χ0v) is 11.2. The van der Waals surface area contributed by atoms with Crippen LogP contribution in [0, 0.1) is 0 Å². The molecule has 1 rings (SSSR count). The van der Waals surface area contributed by atoms with E-state index in [9.17, 15) is 9.59 Å². The summed E-state index contributed by atoms with van der Waals surface area (Å²) in [7, 11) is 0. The number of carbonyl (C=O) groups is 2. The number of amides is 2. The van der Waals surface area contributed by atoms with E-state index >= 15 is 0 Å². The molecule has 2 atom stereocenters. The molecule has 1 heterocycles. The van der Waals surface area contributed by atoms with Gasteiger partial charge in [-0.3, -0.25) is 4.79 Å². The minimum absolute atomic E-state index is 0.0673. The molecule has 0 aromatic rings. The molecule has 3 N–H and O–H groups in total. The third-order valence-electron chi connectivity index (χ3n) is 3.03. The number of carboxylic acids is 1. The van der Waals surface area contributed by atoms with Crippen molar-refractivity contribution >= 4 is 12.0 Å². The number of rotatable bonds is 6. The molecule has 110 valence electrons. The summed E-state index contributed by atoms with van der Waals surface area (Å²) in [4.78, 5) is 23.9. The van der Waals surface area contributed by atoms with Crippen LogP contribution >= 0.6 is 0 Å². The van der Waals surface area contributed by atoms with Crippen LogP contribution in [0.3, 0.4) is 0 Å². The number of carbonyl (C=O) groups excluding carboxylic acids is 1. The maximum Gasteiger partial charge on any atom is 0.317 e. The van der Waals surface area contributed by atoms with E-state index in [1.54, 1.807) is 4.90 Å². The predicted octanol–water partition coefficient (Wildman–Crippen LogP) is 0.0325. The molecule has 1 fully saturated rings. The van der Waals surface area contributed by atoms with Crippen LogP contribution in [0.15, 0.2) is 0 Å². The molecule has 7 heteroatoms. The molecule has 2 amide bonds. The van der Waals surface area contributed by atoms with Crippen molar-refractivity contribution in [2.45, 2.75) is 38.3 Å². The summed E-state index contributed by atoms with van der Waals surface area (Å²) in [6.07, 6.45) is 0.969. The highest BCUT2D eigenvalue weighted by Crippen LogP contribution is 2.06. The van der Waals surface area contributed by atoms with Gasteiger partial charge in [-0.1, -0.05) is 0 Å². The molecule has 1 aliphatic heterocycles. The van der Waals surface area contributed by atoms with Gasteiger partial charge in [-0.25, -0.2) is 4.79 Å². The third kappa shape index (κ3) is 5.89. The summed E-state index contributed by atoms with van der Waals surface area (Å²) in [5, 5.41) is 20.4. The molecule has 2 unspecified atom stereocenters. The van der Waals surface area contributed by atoms with Crippen molar-refractivity contribution in [2.75, 3.05) is 26.3 Å². The van der Waals surface area contributed by atoms with Crippen LogP contribution < -0.4 is 5.32 Å². The standard InChI is InChI=1S/C12H22N2O5/c1-9(3-2-4-11(16)17)13-12(18)14-5-6-19-10(7-14)8-15/h9-10,15H,2-8H2,1H3,(H,13,18)(H,16,17). The summed E-state index contributed by atoms with van der Waals surface area (Å²) in [6, 6.07) is -0.258. The second-order valence-electron chi connectivity index (χ2n) is 4.76. The molecule has 1 saturated heterocycles. The maximum absolute atomic E-state index is 11.9. The molecule has 0 spiro atoms. The van der Waals surface area contributed by atoms with E-state index in [4.69, 9.17) is 14.9 Å². The Morgan fingerprint density at radius 3 is 2.89 bits per heavy atom. The van der Waals surface area contributed by atoms with Crippen molar-refractivity contribution in [1.29, 1.82) is 0 Å². The Labute approximate surface area is 112 Å². The van der Waals surface area contributed by atoms with Gasteiger partial charge >= 0.3 is 12.0 Å². The lowest BCUT2D eigenvalue weighted by Crippen LogP contribution is -2.52. The fraction of sp³-hybridized carbons (Fsp3) is 0.833. The number of aliphatic carboxylic acids is 1. The van der Waals surface area contributed by atoms with Crippen LogP contribution in [-0.2, 0) is 9.53 Å². The Balaban J connectivity index is 2.27. The Hall–Kier alpha value is -1.34. The average Bonchev–Trinajstić information content (AvgIpc) is 2.38. The Kier molecular flexibility index (Phi) is 6.58. The predicted molar refractivity (Wildman–Crippen MR) is 67.9 cm³/mol. The van der Waals surface area contributed by atoms with Crippen LogP contribution in [0.5, 0.6) is 0 Å². The molecule has 0 bridgehead atoms. The number of aliphatic hydroxyl groups excluding tert-OH is 1. The highest BCUT2D eigenvalue weighted by atomic mass is 16.5. The van der Waals surface area contributed by atoms with Gasteiger partial charge in [0.05, 0.1) is 25.9 Å². The van der Waals surface area contributed by atoms with Crippen LogP contribution in [0.2, 0.25) is 0 Å². The topological polar surface area (TPSA) is 99.1 Å². The molecule has 0 aromatic carbocycles. The SMILES string of the molecule is CC(CCCC(=O)O)NC(=O)N1CCOC(CO)C1. The van der Waals surface area contributed by atoms with Gasteiger partial charge in [-0.05, 0) is 19.8 Å². The lowest BCUT2D eigenvalue weighted by atomic mass is 10.1. The first-order valence-corrected chi connectivity index (χ1v) is 6.52.